The number of hydrogen-bond acceptors (Lipinski definition) is 3. The fourth-order valence-corrected chi connectivity index (χ4v) is 3.41. The van der Waals surface area contributed by atoms with E-state index in [0.29, 0.717) is 12.0 Å². The summed E-state index contributed by atoms with van der Waals surface area (Å²) in [5.74, 6) is -1.88. The van der Waals surface area contributed by atoms with Crippen LogP contribution in [0.25, 0.3) is 0 Å². The fraction of sp³-hybridized carbons (Fsp3) is 0.529. The van der Waals surface area contributed by atoms with Crippen LogP contribution in [0.4, 0.5) is 13.2 Å². The van der Waals surface area contributed by atoms with Crippen molar-refractivity contribution in [3.63, 3.8) is 0 Å². The van der Waals surface area contributed by atoms with Crippen molar-refractivity contribution in [3.8, 4) is 0 Å². The Balaban J connectivity index is 1.68. The van der Waals surface area contributed by atoms with Gasteiger partial charge >= 0.3 is 12.1 Å². The van der Waals surface area contributed by atoms with Gasteiger partial charge in [-0.15, -0.1) is 0 Å². The van der Waals surface area contributed by atoms with Crippen molar-refractivity contribution < 1.29 is 32.6 Å². The Hall–Kier alpha value is -2.09. The van der Waals surface area contributed by atoms with Crippen LogP contribution in [-0.4, -0.2) is 47.7 Å². The molecule has 1 aromatic carbocycles. The Labute approximate surface area is 142 Å². The van der Waals surface area contributed by atoms with Gasteiger partial charge in [0.15, 0.2) is 0 Å². The van der Waals surface area contributed by atoms with Crippen LogP contribution in [0.3, 0.4) is 0 Å². The molecule has 1 saturated carbocycles. The molecule has 2 aliphatic rings. The molecule has 1 N–H and O–H groups in total. The molecule has 0 aromatic heterocycles. The van der Waals surface area contributed by atoms with E-state index in [1.807, 2.05) is 0 Å². The van der Waals surface area contributed by atoms with E-state index in [1.165, 1.54) is 24.1 Å². The molecule has 4 atom stereocenters. The summed E-state index contributed by atoms with van der Waals surface area (Å²) in [6.45, 7) is 0.225. The van der Waals surface area contributed by atoms with Gasteiger partial charge in [0.05, 0.1) is 11.7 Å². The Morgan fingerprint density at radius 2 is 1.84 bits per heavy atom. The zero-order valence-corrected chi connectivity index (χ0v) is 13.5. The highest BCUT2D eigenvalue weighted by Gasteiger charge is 2.50. The number of benzene rings is 1. The number of hydrogen-bond donors (Lipinski definition) is 1. The van der Waals surface area contributed by atoms with E-state index in [4.69, 9.17) is 4.74 Å². The molecular formula is C17H18F3NO4. The first-order valence-electron chi connectivity index (χ1n) is 7.95. The van der Waals surface area contributed by atoms with Gasteiger partial charge in [0.1, 0.15) is 6.04 Å². The van der Waals surface area contributed by atoms with Crippen molar-refractivity contribution in [2.24, 2.45) is 5.92 Å². The van der Waals surface area contributed by atoms with Gasteiger partial charge in [-0.2, -0.15) is 13.2 Å². The van der Waals surface area contributed by atoms with Gasteiger partial charge in [-0.25, -0.2) is 4.79 Å². The Morgan fingerprint density at radius 3 is 2.36 bits per heavy atom. The number of methoxy groups -OCH3 is 1. The third-order valence-corrected chi connectivity index (χ3v) is 4.94. The lowest BCUT2D eigenvalue weighted by Gasteiger charge is -2.21. The smallest absolute Gasteiger partial charge is 0.416 e. The lowest BCUT2D eigenvalue weighted by Crippen LogP contribution is -2.41. The standard InChI is InChI=1S/C17H18F3NO4/c1-25-11-6-14(16(23)24)21(8-11)15(22)13-7-12(13)9-2-4-10(5-3-9)17(18,19)20/h2-5,11-14H,6-8H2,1H3,(H,23,24). The lowest BCUT2D eigenvalue weighted by molar-refractivity contribution is -0.148. The number of carbonyl (C=O) groups excluding carboxylic acids is 1. The molecule has 1 saturated heterocycles. The average Bonchev–Trinajstić information content (AvgIpc) is 3.24. The first kappa shape index (κ1) is 17.7. The fourth-order valence-electron chi connectivity index (χ4n) is 3.41. The third kappa shape index (κ3) is 3.49. The van der Waals surface area contributed by atoms with Crippen molar-refractivity contribution in [2.75, 3.05) is 13.7 Å². The normalized spacial score (nSPS) is 28.9. The zero-order chi connectivity index (χ0) is 18.4. The number of carbonyl (C=O) groups is 2. The summed E-state index contributed by atoms with van der Waals surface area (Å²) in [7, 11) is 1.47. The first-order valence-corrected chi connectivity index (χ1v) is 7.95. The number of nitrogens with zero attached hydrogens (tertiary/aromatic N) is 1. The Morgan fingerprint density at radius 1 is 1.20 bits per heavy atom. The molecule has 1 aliphatic heterocycles. The van der Waals surface area contributed by atoms with E-state index in [-0.39, 0.29) is 36.8 Å². The van der Waals surface area contributed by atoms with E-state index < -0.39 is 23.8 Å². The summed E-state index contributed by atoms with van der Waals surface area (Å²) >= 11 is 0. The van der Waals surface area contributed by atoms with Gasteiger partial charge < -0.3 is 14.7 Å². The minimum absolute atomic E-state index is 0.161. The van der Waals surface area contributed by atoms with Crippen LogP contribution in [0.5, 0.6) is 0 Å². The van der Waals surface area contributed by atoms with Gasteiger partial charge in [-0.1, -0.05) is 12.1 Å². The predicted octanol–water partition coefficient (Wildman–Crippen LogP) is 2.51. The molecule has 8 heteroatoms. The number of ether oxygens (including phenoxy) is 1. The highest BCUT2D eigenvalue weighted by molar-refractivity contribution is 5.88. The molecule has 136 valence electrons. The molecule has 2 fully saturated rings. The van der Waals surface area contributed by atoms with Crippen LogP contribution in [0.15, 0.2) is 24.3 Å². The van der Waals surface area contributed by atoms with E-state index >= 15 is 0 Å². The van der Waals surface area contributed by atoms with Crippen molar-refractivity contribution in [1.82, 2.24) is 4.90 Å². The first-order chi connectivity index (χ1) is 11.7. The molecule has 1 aliphatic carbocycles. The number of aliphatic carboxylic acids is 1. The van der Waals surface area contributed by atoms with Crippen molar-refractivity contribution in [3.05, 3.63) is 35.4 Å². The van der Waals surface area contributed by atoms with Gasteiger partial charge in [-0.05, 0) is 30.0 Å². The number of likely N-dealkylation sites (tertiary alicyclic amines) is 1. The number of halogens is 3. The van der Waals surface area contributed by atoms with Crippen LogP contribution in [0.2, 0.25) is 0 Å². The number of amides is 1. The summed E-state index contributed by atoms with van der Waals surface area (Å²) in [6.07, 6.45) is -3.94. The second-order valence-electron chi connectivity index (χ2n) is 6.51. The molecule has 25 heavy (non-hydrogen) atoms. The Kier molecular flexibility index (Phi) is 4.49. The van der Waals surface area contributed by atoms with Gasteiger partial charge in [0.2, 0.25) is 5.91 Å². The molecule has 0 radical (unpaired) electrons. The van der Waals surface area contributed by atoms with Crippen molar-refractivity contribution >= 4 is 11.9 Å². The van der Waals surface area contributed by atoms with Gasteiger partial charge in [-0.3, -0.25) is 4.79 Å². The summed E-state index contributed by atoms with van der Waals surface area (Å²) in [6, 6.07) is 3.87. The quantitative estimate of drug-likeness (QED) is 0.899. The minimum atomic E-state index is -4.39. The highest BCUT2D eigenvalue weighted by atomic mass is 19.4. The maximum Gasteiger partial charge on any atom is 0.416 e. The van der Waals surface area contributed by atoms with Crippen LogP contribution < -0.4 is 0 Å². The molecule has 1 aromatic rings. The lowest BCUT2D eigenvalue weighted by atomic mass is 10.1. The molecule has 3 rings (SSSR count). The van der Waals surface area contributed by atoms with Crippen LogP contribution in [0.1, 0.15) is 29.9 Å². The van der Waals surface area contributed by atoms with Gasteiger partial charge in [0.25, 0.3) is 0 Å². The maximum absolute atomic E-state index is 12.6. The Bertz CT molecular complexity index is 673. The van der Waals surface area contributed by atoms with E-state index in [2.05, 4.69) is 0 Å². The molecule has 5 nitrogen and oxygen atoms in total. The van der Waals surface area contributed by atoms with Crippen LogP contribution >= 0.6 is 0 Å². The largest absolute Gasteiger partial charge is 0.480 e. The van der Waals surface area contributed by atoms with Crippen LogP contribution in [-0.2, 0) is 20.5 Å². The SMILES string of the molecule is COC1CC(C(=O)O)N(C(=O)C2CC2c2ccc(C(F)(F)F)cc2)C1. The molecule has 0 bridgehead atoms. The second-order valence-corrected chi connectivity index (χ2v) is 6.51. The van der Waals surface area contributed by atoms with Crippen molar-refractivity contribution in [2.45, 2.75) is 37.1 Å². The predicted molar refractivity (Wildman–Crippen MR) is 80.8 cm³/mol. The average molecular weight is 357 g/mol. The van der Waals surface area contributed by atoms with Crippen LogP contribution in [0, 0.1) is 5.92 Å². The molecule has 4 unspecified atom stereocenters. The van der Waals surface area contributed by atoms with E-state index in [1.54, 1.807) is 0 Å². The highest BCUT2D eigenvalue weighted by Crippen LogP contribution is 2.49. The molecule has 1 amide bonds. The van der Waals surface area contributed by atoms with E-state index in [0.717, 1.165) is 12.1 Å². The summed E-state index contributed by atoms with van der Waals surface area (Å²) in [4.78, 5) is 25.3. The maximum atomic E-state index is 12.6. The monoisotopic (exact) mass is 357 g/mol. The summed E-state index contributed by atoms with van der Waals surface area (Å²) in [5.41, 5.74) is -0.0612. The molecular weight excluding hydrogens is 339 g/mol. The molecule has 0 spiro atoms. The summed E-state index contributed by atoms with van der Waals surface area (Å²) in [5, 5.41) is 9.28. The number of alkyl halides is 3. The number of carboxylic acid groups (broad SMARTS) is 1. The minimum Gasteiger partial charge on any atom is -0.480 e. The third-order valence-electron chi connectivity index (χ3n) is 4.94. The zero-order valence-electron chi connectivity index (χ0n) is 13.5. The number of rotatable bonds is 4. The second kappa shape index (κ2) is 6.33. The number of carboxylic acids is 1. The summed E-state index contributed by atoms with van der Waals surface area (Å²) < 4.78 is 43.0. The van der Waals surface area contributed by atoms with E-state index in [9.17, 15) is 27.9 Å². The topological polar surface area (TPSA) is 66.8 Å². The van der Waals surface area contributed by atoms with Gasteiger partial charge in [0, 0.05) is 26.0 Å². The molecule has 1 heterocycles. The van der Waals surface area contributed by atoms with Crippen molar-refractivity contribution in [1.29, 1.82) is 0 Å².